The average Bonchev–Trinajstić information content (AvgIpc) is 2.81. The lowest BCUT2D eigenvalue weighted by Gasteiger charge is -2.07. The van der Waals surface area contributed by atoms with Crippen LogP contribution in [0.15, 0.2) is 24.5 Å². The minimum atomic E-state index is -1.15. The van der Waals surface area contributed by atoms with Gasteiger partial charge in [0.1, 0.15) is 12.0 Å². The predicted molar refractivity (Wildman–Crippen MR) is 68.4 cm³/mol. The number of aromatic carboxylic acids is 1. The molecule has 2 N–H and O–H groups in total. The highest BCUT2D eigenvalue weighted by molar-refractivity contribution is 5.90. The average molecular weight is 277 g/mol. The van der Waals surface area contributed by atoms with Crippen LogP contribution in [0.4, 0.5) is 11.4 Å². The number of carboxylic acids is 1. The van der Waals surface area contributed by atoms with Crippen LogP contribution < -0.4 is 5.32 Å². The summed E-state index contributed by atoms with van der Waals surface area (Å²) >= 11 is 0. The van der Waals surface area contributed by atoms with Crippen molar-refractivity contribution in [3.8, 4) is 0 Å². The largest absolute Gasteiger partial charge is 0.478 e. The van der Waals surface area contributed by atoms with Gasteiger partial charge in [-0.1, -0.05) is 0 Å². The molecule has 1 heterocycles. The minimum Gasteiger partial charge on any atom is -0.478 e. The van der Waals surface area contributed by atoms with Crippen molar-refractivity contribution in [2.24, 2.45) is 7.05 Å². The van der Waals surface area contributed by atoms with E-state index in [-0.39, 0.29) is 23.5 Å². The number of hydrogen-bond acceptors (Lipinski definition) is 6. The van der Waals surface area contributed by atoms with Gasteiger partial charge in [0.2, 0.25) is 0 Å². The predicted octanol–water partition coefficient (Wildman–Crippen LogP) is 1.03. The SMILES string of the molecule is Cn1cnnc1CNc1cc(C(=O)O)ccc1[N+](=O)[O-]. The van der Waals surface area contributed by atoms with Crippen LogP contribution >= 0.6 is 0 Å². The van der Waals surface area contributed by atoms with Gasteiger partial charge in [0, 0.05) is 13.1 Å². The highest BCUT2D eigenvalue weighted by Gasteiger charge is 2.16. The van der Waals surface area contributed by atoms with Crippen LogP contribution in [0.25, 0.3) is 0 Å². The monoisotopic (exact) mass is 277 g/mol. The fourth-order valence-electron chi connectivity index (χ4n) is 1.61. The lowest BCUT2D eigenvalue weighted by Crippen LogP contribution is -2.08. The number of anilines is 1. The molecule has 0 aliphatic rings. The summed E-state index contributed by atoms with van der Waals surface area (Å²) < 4.78 is 1.65. The van der Waals surface area contributed by atoms with Crippen LogP contribution in [0.2, 0.25) is 0 Å². The van der Waals surface area contributed by atoms with E-state index in [2.05, 4.69) is 15.5 Å². The standard InChI is InChI=1S/C11H11N5O4/c1-15-6-13-14-10(15)5-12-8-4-7(11(17)18)2-3-9(8)16(19)20/h2-4,6,12H,5H2,1H3,(H,17,18). The van der Waals surface area contributed by atoms with Gasteiger partial charge in [0.05, 0.1) is 17.0 Å². The molecular formula is C11H11N5O4. The zero-order chi connectivity index (χ0) is 14.7. The van der Waals surface area contributed by atoms with Crippen molar-refractivity contribution in [2.45, 2.75) is 6.54 Å². The molecule has 0 aliphatic carbocycles. The van der Waals surface area contributed by atoms with Gasteiger partial charge in [-0.2, -0.15) is 0 Å². The Labute approximate surface area is 113 Å². The Morgan fingerprint density at radius 2 is 2.30 bits per heavy atom. The van der Waals surface area contributed by atoms with E-state index in [1.807, 2.05) is 0 Å². The van der Waals surface area contributed by atoms with E-state index >= 15 is 0 Å². The van der Waals surface area contributed by atoms with Crippen LogP contribution in [-0.4, -0.2) is 30.8 Å². The van der Waals surface area contributed by atoms with Crippen molar-refractivity contribution < 1.29 is 14.8 Å². The molecule has 0 radical (unpaired) electrons. The van der Waals surface area contributed by atoms with Crippen LogP contribution in [0.3, 0.4) is 0 Å². The smallest absolute Gasteiger partial charge is 0.335 e. The number of nitro benzene ring substituents is 1. The number of aromatic nitrogens is 3. The molecule has 2 rings (SSSR count). The molecule has 104 valence electrons. The van der Waals surface area contributed by atoms with Crippen molar-refractivity contribution in [3.63, 3.8) is 0 Å². The van der Waals surface area contributed by atoms with Crippen molar-refractivity contribution in [3.05, 3.63) is 46.0 Å². The van der Waals surface area contributed by atoms with Gasteiger partial charge in [-0.05, 0) is 12.1 Å². The Kier molecular flexibility index (Phi) is 3.60. The van der Waals surface area contributed by atoms with Crippen molar-refractivity contribution in [2.75, 3.05) is 5.32 Å². The Hall–Kier alpha value is -2.97. The van der Waals surface area contributed by atoms with E-state index in [0.717, 1.165) is 6.07 Å². The van der Waals surface area contributed by atoms with E-state index in [0.29, 0.717) is 5.82 Å². The quantitative estimate of drug-likeness (QED) is 0.618. The molecule has 0 unspecified atom stereocenters. The molecule has 1 aromatic carbocycles. The highest BCUT2D eigenvalue weighted by Crippen LogP contribution is 2.25. The number of rotatable bonds is 5. The molecular weight excluding hydrogens is 266 g/mol. The molecule has 2 aromatic rings. The van der Waals surface area contributed by atoms with E-state index < -0.39 is 10.9 Å². The number of aryl methyl sites for hydroxylation is 1. The number of nitrogens with zero attached hydrogens (tertiary/aromatic N) is 4. The van der Waals surface area contributed by atoms with E-state index in [1.165, 1.54) is 18.5 Å². The van der Waals surface area contributed by atoms with E-state index in [9.17, 15) is 14.9 Å². The summed E-state index contributed by atoms with van der Waals surface area (Å²) in [4.78, 5) is 21.2. The van der Waals surface area contributed by atoms with Gasteiger partial charge in [-0.15, -0.1) is 10.2 Å². The molecule has 0 aliphatic heterocycles. The first-order chi connectivity index (χ1) is 9.49. The number of benzene rings is 1. The lowest BCUT2D eigenvalue weighted by molar-refractivity contribution is -0.384. The number of nitrogens with one attached hydrogen (secondary N) is 1. The number of nitro groups is 1. The molecule has 0 saturated heterocycles. The van der Waals surface area contributed by atoms with E-state index in [1.54, 1.807) is 11.6 Å². The second-order valence-corrected chi connectivity index (χ2v) is 4.01. The highest BCUT2D eigenvalue weighted by atomic mass is 16.6. The molecule has 0 amide bonds. The zero-order valence-electron chi connectivity index (χ0n) is 10.5. The number of carboxylic acid groups (broad SMARTS) is 1. The van der Waals surface area contributed by atoms with Crippen molar-refractivity contribution in [1.29, 1.82) is 0 Å². The van der Waals surface area contributed by atoms with Crippen LogP contribution in [0.5, 0.6) is 0 Å². The molecule has 0 atom stereocenters. The van der Waals surface area contributed by atoms with Gasteiger partial charge in [0.15, 0.2) is 5.82 Å². The zero-order valence-corrected chi connectivity index (χ0v) is 10.5. The summed E-state index contributed by atoms with van der Waals surface area (Å²) in [5.41, 5.74) is -0.105. The summed E-state index contributed by atoms with van der Waals surface area (Å²) in [6.07, 6.45) is 1.50. The van der Waals surface area contributed by atoms with Crippen molar-refractivity contribution >= 4 is 17.3 Å². The molecule has 0 fully saturated rings. The lowest BCUT2D eigenvalue weighted by atomic mass is 10.1. The fraction of sp³-hybridized carbons (Fsp3) is 0.182. The van der Waals surface area contributed by atoms with Gasteiger partial charge in [-0.3, -0.25) is 10.1 Å². The summed E-state index contributed by atoms with van der Waals surface area (Å²) in [6, 6.07) is 3.56. The maximum absolute atomic E-state index is 10.9. The summed E-state index contributed by atoms with van der Waals surface area (Å²) in [5.74, 6) is -0.582. The third-order valence-corrected chi connectivity index (χ3v) is 2.68. The Bertz CT molecular complexity index is 667. The van der Waals surface area contributed by atoms with Crippen LogP contribution in [0, 0.1) is 10.1 Å². The first-order valence-corrected chi connectivity index (χ1v) is 5.57. The Morgan fingerprint density at radius 3 is 2.85 bits per heavy atom. The summed E-state index contributed by atoms with van der Waals surface area (Å²) in [7, 11) is 1.74. The fourth-order valence-corrected chi connectivity index (χ4v) is 1.61. The Morgan fingerprint density at radius 1 is 1.55 bits per heavy atom. The number of hydrogen-bond donors (Lipinski definition) is 2. The normalized spacial score (nSPS) is 10.2. The third-order valence-electron chi connectivity index (χ3n) is 2.68. The molecule has 0 spiro atoms. The summed E-state index contributed by atoms with van der Waals surface area (Å²) in [5, 5.41) is 30.1. The third kappa shape index (κ3) is 2.71. The van der Waals surface area contributed by atoms with Gasteiger partial charge >= 0.3 is 5.97 Å². The van der Waals surface area contributed by atoms with Crippen molar-refractivity contribution in [1.82, 2.24) is 14.8 Å². The van der Waals surface area contributed by atoms with Gasteiger partial charge in [-0.25, -0.2) is 4.79 Å². The maximum atomic E-state index is 10.9. The van der Waals surface area contributed by atoms with E-state index in [4.69, 9.17) is 5.11 Å². The molecule has 1 aromatic heterocycles. The summed E-state index contributed by atoms with van der Waals surface area (Å²) in [6.45, 7) is 0.195. The molecule has 0 saturated carbocycles. The molecule has 9 heteroatoms. The van der Waals surface area contributed by atoms with Crippen LogP contribution in [0.1, 0.15) is 16.2 Å². The van der Waals surface area contributed by atoms with Gasteiger partial charge in [0.25, 0.3) is 5.69 Å². The topological polar surface area (TPSA) is 123 Å². The Balaban J connectivity index is 2.28. The molecule has 0 bridgehead atoms. The second-order valence-electron chi connectivity index (χ2n) is 4.01. The first-order valence-electron chi connectivity index (χ1n) is 5.57. The molecule has 20 heavy (non-hydrogen) atoms. The van der Waals surface area contributed by atoms with Crippen LogP contribution in [-0.2, 0) is 13.6 Å². The minimum absolute atomic E-state index is 0.0314. The molecule has 9 nitrogen and oxygen atoms in total. The number of carbonyl (C=O) groups is 1. The maximum Gasteiger partial charge on any atom is 0.335 e. The second kappa shape index (κ2) is 5.34. The first kappa shape index (κ1) is 13.5. The van der Waals surface area contributed by atoms with Gasteiger partial charge < -0.3 is 15.0 Å².